The molecule has 0 radical (unpaired) electrons. The summed E-state index contributed by atoms with van der Waals surface area (Å²) < 4.78 is 0. The Hall–Kier alpha value is -1.61. The summed E-state index contributed by atoms with van der Waals surface area (Å²) in [6, 6.07) is 8.25. The molecule has 110 valence electrons. The number of hydrogen-bond donors (Lipinski definition) is 1. The highest BCUT2D eigenvalue weighted by atomic mass is 16.3. The topological polar surface area (TPSA) is 40.5 Å². The van der Waals surface area contributed by atoms with Gasteiger partial charge in [0.15, 0.2) is 0 Å². The number of aliphatic hydroxyl groups is 1. The summed E-state index contributed by atoms with van der Waals surface area (Å²) in [6.07, 6.45) is 4.07. The summed E-state index contributed by atoms with van der Waals surface area (Å²) >= 11 is 0. The molecule has 1 amide bonds. The van der Waals surface area contributed by atoms with Crippen LogP contribution in [0.4, 0.5) is 0 Å². The summed E-state index contributed by atoms with van der Waals surface area (Å²) in [5.74, 6) is 0.512. The van der Waals surface area contributed by atoms with E-state index in [4.69, 9.17) is 5.11 Å². The Morgan fingerprint density at radius 3 is 2.45 bits per heavy atom. The average Bonchev–Trinajstić information content (AvgIpc) is 2.46. The highest BCUT2D eigenvalue weighted by Crippen LogP contribution is 2.15. The molecule has 0 saturated carbocycles. The number of hydrogen-bond acceptors (Lipinski definition) is 2. The van der Waals surface area contributed by atoms with Gasteiger partial charge in [0.25, 0.3) is 0 Å². The summed E-state index contributed by atoms with van der Waals surface area (Å²) in [6.45, 7) is 7.64. The van der Waals surface area contributed by atoms with Crippen LogP contribution in [0.2, 0.25) is 0 Å². The largest absolute Gasteiger partial charge is 0.396 e. The van der Waals surface area contributed by atoms with Crippen molar-refractivity contribution in [2.45, 2.75) is 33.1 Å². The van der Waals surface area contributed by atoms with Gasteiger partial charge >= 0.3 is 0 Å². The molecule has 1 aromatic carbocycles. The number of likely N-dealkylation sites (N-methyl/N-ethyl adjacent to an activating group) is 1. The van der Waals surface area contributed by atoms with Crippen molar-refractivity contribution in [3.8, 4) is 0 Å². The van der Waals surface area contributed by atoms with Crippen molar-refractivity contribution < 1.29 is 9.90 Å². The van der Waals surface area contributed by atoms with Crippen molar-refractivity contribution in [2.75, 3.05) is 19.7 Å². The van der Waals surface area contributed by atoms with Gasteiger partial charge in [0.2, 0.25) is 5.91 Å². The molecule has 0 aliphatic carbocycles. The molecule has 0 aliphatic rings. The normalized spacial score (nSPS) is 11.2. The lowest BCUT2D eigenvalue weighted by molar-refractivity contribution is -0.125. The van der Waals surface area contributed by atoms with Crippen LogP contribution in [0, 0.1) is 0 Å². The van der Waals surface area contributed by atoms with Crippen LogP contribution in [0.5, 0.6) is 0 Å². The Balaban J connectivity index is 2.63. The smallest absolute Gasteiger partial charge is 0.246 e. The Morgan fingerprint density at radius 1 is 1.30 bits per heavy atom. The van der Waals surface area contributed by atoms with Gasteiger partial charge in [-0.15, -0.1) is 0 Å². The van der Waals surface area contributed by atoms with Gasteiger partial charge in [0, 0.05) is 25.8 Å². The first-order valence-corrected chi connectivity index (χ1v) is 7.26. The first kappa shape index (κ1) is 16.4. The lowest BCUT2D eigenvalue weighted by atomic mass is 10.0. The van der Waals surface area contributed by atoms with E-state index in [-0.39, 0.29) is 12.5 Å². The second-order valence-corrected chi connectivity index (χ2v) is 5.15. The van der Waals surface area contributed by atoms with E-state index in [0.29, 0.717) is 25.4 Å². The second kappa shape index (κ2) is 8.54. The van der Waals surface area contributed by atoms with Crippen LogP contribution in [0.25, 0.3) is 6.08 Å². The summed E-state index contributed by atoms with van der Waals surface area (Å²) in [4.78, 5) is 13.7. The van der Waals surface area contributed by atoms with Crippen LogP contribution in [0.15, 0.2) is 30.3 Å². The molecule has 0 fully saturated rings. The molecule has 0 unspecified atom stereocenters. The number of amides is 1. The van der Waals surface area contributed by atoms with E-state index in [2.05, 4.69) is 26.0 Å². The van der Waals surface area contributed by atoms with E-state index in [1.54, 1.807) is 11.0 Å². The maximum Gasteiger partial charge on any atom is 0.246 e. The molecule has 3 heteroatoms. The van der Waals surface area contributed by atoms with Gasteiger partial charge in [-0.1, -0.05) is 38.1 Å². The molecule has 0 bridgehead atoms. The van der Waals surface area contributed by atoms with Crippen molar-refractivity contribution in [2.24, 2.45) is 0 Å². The van der Waals surface area contributed by atoms with Crippen LogP contribution in [0.3, 0.4) is 0 Å². The zero-order chi connectivity index (χ0) is 15.0. The summed E-state index contributed by atoms with van der Waals surface area (Å²) in [7, 11) is 0. The number of benzene rings is 1. The highest BCUT2D eigenvalue weighted by Gasteiger charge is 2.07. The van der Waals surface area contributed by atoms with E-state index in [9.17, 15) is 4.79 Å². The minimum Gasteiger partial charge on any atom is -0.396 e. The molecule has 0 aliphatic heterocycles. The molecule has 0 saturated heterocycles. The molecular weight excluding hydrogens is 250 g/mol. The highest BCUT2D eigenvalue weighted by molar-refractivity contribution is 5.91. The van der Waals surface area contributed by atoms with Crippen molar-refractivity contribution in [1.82, 2.24) is 4.90 Å². The maximum absolute atomic E-state index is 12.0. The molecule has 0 atom stereocenters. The third kappa shape index (κ3) is 5.17. The van der Waals surface area contributed by atoms with Gasteiger partial charge in [-0.2, -0.15) is 0 Å². The zero-order valence-corrected chi connectivity index (χ0v) is 12.7. The zero-order valence-electron chi connectivity index (χ0n) is 12.7. The molecule has 20 heavy (non-hydrogen) atoms. The molecule has 1 N–H and O–H groups in total. The third-order valence-corrected chi connectivity index (χ3v) is 3.30. The quantitative estimate of drug-likeness (QED) is 0.777. The summed E-state index contributed by atoms with van der Waals surface area (Å²) in [5, 5.41) is 8.82. The monoisotopic (exact) mass is 275 g/mol. The fraction of sp³-hybridized carbons (Fsp3) is 0.471. The van der Waals surface area contributed by atoms with Crippen molar-refractivity contribution in [1.29, 1.82) is 0 Å². The molecule has 1 aromatic rings. The number of rotatable bonds is 7. The lowest BCUT2D eigenvalue weighted by Gasteiger charge is -2.18. The van der Waals surface area contributed by atoms with Gasteiger partial charge in [0.1, 0.15) is 0 Å². The molecule has 0 spiro atoms. The first-order chi connectivity index (χ1) is 9.58. The Kier molecular flexibility index (Phi) is 7.02. The van der Waals surface area contributed by atoms with Crippen LogP contribution >= 0.6 is 0 Å². The number of nitrogens with zero attached hydrogens (tertiary/aromatic N) is 1. The summed E-state index contributed by atoms with van der Waals surface area (Å²) in [5.41, 5.74) is 2.33. The minimum atomic E-state index is -0.00566. The van der Waals surface area contributed by atoms with E-state index in [1.165, 1.54) is 5.56 Å². The Labute approximate surface area is 121 Å². The van der Waals surface area contributed by atoms with Crippen molar-refractivity contribution in [3.63, 3.8) is 0 Å². The van der Waals surface area contributed by atoms with Crippen LogP contribution < -0.4 is 0 Å². The van der Waals surface area contributed by atoms with Gasteiger partial charge in [-0.25, -0.2) is 0 Å². The SMILES string of the molecule is CCN(CCCO)C(=O)/C=C/c1ccc(C(C)C)cc1. The molecule has 0 aromatic heterocycles. The van der Waals surface area contributed by atoms with Gasteiger partial charge in [-0.3, -0.25) is 4.79 Å². The minimum absolute atomic E-state index is 0.00566. The molecule has 3 nitrogen and oxygen atoms in total. The van der Waals surface area contributed by atoms with Gasteiger partial charge in [0.05, 0.1) is 0 Å². The predicted molar refractivity (Wildman–Crippen MR) is 83.5 cm³/mol. The number of carbonyl (C=O) groups is 1. The Morgan fingerprint density at radius 2 is 1.95 bits per heavy atom. The molecule has 1 rings (SSSR count). The number of aliphatic hydroxyl groups excluding tert-OH is 1. The lowest BCUT2D eigenvalue weighted by Crippen LogP contribution is -2.30. The Bertz CT molecular complexity index is 435. The number of carbonyl (C=O) groups excluding carboxylic acids is 1. The van der Waals surface area contributed by atoms with E-state index in [0.717, 1.165) is 5.56 Å². The average molecular weight is 275 g/mol. The van der Waals surface area contributed by atoms with Crippen LogP contribution in [-0.4, -0.2) is 35.6 Å². The van der Waals surface area contributed by atoms with Gasteiger partial charge in [-0.05, 0) is 36.5 Å². The van der Waals surface area contributed by atoms with E-state index in [1.807, 2.05) is 25.1 Å². The second-order valence-electron chi connectivity index (χ2n) is 5.15. The van der Waals surface area contributed by atoms with Gasteiger partial charge < -0.3 is 10.0 Å². The maximum atomic E-state index is 12.0. The molecular formula is C17H25NO2. The fourth-order valence-corrected chi connectivity index (χ4v) is 1.95. The first-order valence-electron chi connectivity index (χ1n) is 7.26. The van der Waals surface area contributed by atoms with Crippen LogP contribution in [-0.2, 0) is 4.79 Å². The van der Waals surface area contributed by atoms with Crippen molar-refractivity contribution >= 4 is 12.0 Å². The van der Waals surface area contributed by atoms with Crippen molar-refractivity contribution in [3.05, 3.63) is 41.5 Å². The van der Waals surface area contributed by atoms with E-state index < -0.39 is 0 Å². The van der Waals surface area contributed by atoms with E-state index >= 15 is 0 Å². The fourth-order valence-electron chi connectivity index (χ4n) is 1.95. The third-order valence-electron chi connectivity index (χ3n) is 3.30. The van der Waals surface area contributed by atoms with Crippen LogP contribution in [0.1, 0.15) is 44.2 Å². The standard InChI is InChI=1S/C17H25NO2/c1-4-18(12-5-13-19)17(20)11-8-15-6-9-16(10-7-15)14(2)3/h6-11,14,19H,4-5,12-13H2,1-3H3/b11-8+. The molecule has 0 heterocycles. The predicted octanol–water partition coefficient (Wildman–Crippen LogP) is 3.05.